The molecule has 3 fully saturated rings. The molecule has 0 aliphatic carbocycles. The van der Waals surface area contributed by atoms with Gasteiger partial charge in [-0.3, -0.25) is 19.2 Å². The van der Waals surface area contributed by atoms with E-state index in [1.807, 2.05) is 19.9 Å². The summed E-state index contributed by atoms with van der Waals surface area (Å²) in [7, 11) is 0. The molecule has 13 nitrogen and oxygen atoms in total. The standard InChI is InChI=1S/C35H54N2O11/c1-23(7-10-31-24(2)18-30(26(4)47-31)37-32(39)11-8-25(3)46-27(5)38)6-9-28-20-35(22-45-35)21-29(48-28)19-33(40)36-13-15-44-17-16-43-14-12-34(41)42/h6-9,11,24-26,28-31H,10,12-22H2,1-5H3,(H,36,40)(H,37,39)(H,41,42)/b9-6+,11-8-,23-7+/t24-,25?,26+,28+,29+,30+,31-,35+/m0/s1. The van der Waals surface area contributed by atoms with Crippen LogP contribution in [0.25, 0.3) is 0 Å². The summed E-state index contributed by atoms with van der Waals surface area (Å²) >= 11 is 0. The van der Waals surface area contributed by atoms with Crippen molar-refractivity contribution < 1.29 is 52.7 Å². The van der Waals surface area contributed by atoms with Gasteiger partial charge in [0.25, 0.3) is 0 Å². The number of hydrogen-bond donors (Lipinski definition) is 3. The molecule has 3 N–H and O–H groups in total. The Balaban J connectivity index is 1.37. The van der Waals surface area contributed by atoms with Crippen molar-refractivity contribution in [2.24, 2.45) is 5.92 Å². The molecule has 1 unspecified atom stereocenters. The first kappa shape index (κ1) is 39.3. The van der Waals surface area contributed by atoms with E-state index < -0.39 is 18.0 Å². The molecule has 0 bridgehead atoms. The maximum atomic E-state index is 12.6. The van der Waals surface area contributed by atoms with E-state index in [0.29, 0.717) is 39.4 Å². The van der Waals surface area contributed by atoms with Crippen LogP contribution in [0.3, 0.4) is 0 Å². The van der Waals surface area contributed by atoms with E-state index in [0.717, 1.165) is 24.8 Å². The molecule has 0 aromatic rings. The summed E-state index contributed by atoms with van der Waals surface area (Å²) in [5.74, 6) is -1.42. The topological polar surface area (TPSA) is 171 Å². The molecule has 48 heavy (non-hydrogen) atoms. The molecule has 0 radical (unpaired) electrons. The predicted octanol–water partition coefficient (Wildman–Crippen LogP) is 3.02. The largest absolute Gasteiger partial charge is 0.481 e. The number of ether oxygens (including phenoxy) is 6. The van der Waals surface area contributed by atoms with Crippen molar-refractivity contribution in [3.8, 4) is 0 Å². The van der Waals surface area contributed by atoms with Crippen LogP contribution < -0.4 is 10.6 Å². The molecule has 3 saturated heterocycles. The quantitative estimate of drug-likeness (QED) is 0.0603. The van der Waals surface area contributed by atoms with Gasteiger partial charge in [-0.1, -0.05) is 30.7 Å². The molecule has 8 atom stereocenters. The zero-order valence-electron chi connectivity index (χ0n) is 28.9. The monoisotopic (exact) mass is 678 g/mol. The SMILES string of the molecule is CC(=O)OC(C)/C=C\C(=O)N[C@@H]1C[C@H](C)[C@H](C/C=C(C)/C=C/[C@@H]2C[C@]3(CO3)C[C@@H](CC(=O)NCCOCCOCCC(=O)O)O2)O[C@@H]1C. The van der Waals surface area contributed by atoms with Gasteiger partial charge in [0.05, 0.1) is 81.9 Å². The second-order valence-electron chi connectivity index (χ2n) is 13.0. The van der Waals surface area contributed by atoms with Gasteiger partial charge in [0.15, 0.2) is 0 Å². The molecule has 3 aliphatic heterocycles. The number of esters is 1. The van der Waals surface area contributed by atoms with Gasteiger partial charge >= 0.3 is 11.9 Å². The highest BCUT2D eigenvalue weighted by Gasteiger charge is 2.51. The zero-order valence-corrected chi connectivity index (χ0v) is 28.9. The average molecular weight is 679 g/mol. The highest BCUT2D eigenvalue weighted by atomic mass is 16.6. The summed E-state index contributed by atoms with van der Waals surface area (Å²) in [6, 6.07) is -0.116. The van der Waals surface area contributed by atoms with Crippen LogP contribution in [0.1, 0.15) is 73.1 Å². The second kappa shape index (κ2) is 19.8. The fourth-order valence-corrected chi connectivity index (χ4v) is 5.90. The Kier molecular flexibility index (Phi) is 16.2. The predicted molar refractivity (Wildman–Crippen MR) is 176 cm³/mol. The normalized spacial score (nSPS) is 29.6. The van der Waals surface area contributed by atoms with Crippen molar-refractivity contribution in [1.29, 1.82) is 0 Å². The summed E-state index contributed by atoms with van der Waals surface area (Å²) in [4.78, 5) is 46.5. The van der Waals surface area contributed by atoms with E-state index in [-0.39, 0.29) is 73.2 Å². The van der Waals surface area contributed by atoms with Crippen LogP contribution in [0.2, 0.25) is 0 Å². The Labute approximate surface area is 283 Å². The molecular formula is C35H54N2O11. The molecular weight excluding hydrogens is 624 g/mol. The minimum Gasteiger partial charge on any atom is -0.481 e. The van der Waals surface area contributed by atoms with Crippen LogP contribution in [-0.2, 0) is 47.6 Å². The smallest absolute Gasteiger partial charge is 0.305 e. The molecule has 1 spiro atoms. The Hall–Kier alpha value is -3.10. The van der Waals surface area contributed by atoms with Crippen molar-refractivity contribution in [3.63, 3.8) is 0 Å². The van der Waals surface area contributed by atoms with Gasteiger partial charge in [0.1, 0.15) is 6.10 Å². The van der Waals surface area contributed by atoms with E-state index in [4.69, 9.17) is 33.5 Å². The van der Waals surface area contributed by atoms with Crippen molar-refractivity contribution in [2.45, 2.75) is 115 Å². The number of carbonyl (C=O) groups excluding carboxylic acids is 3. The summed E-state index contributed by atoms with van der Waals surface area (Å²) in [5, 5.41) is 14.5. The third-order valence-electron chi connectivity index (χ3n) is 8.57. The maximum Gasteiger partial charge on any atom is 0.305 e. The van der Waals surface area contributed by atoms with E-state index in [1.54, 1.807) is 13.0 Å². The number of epoxide rings is 1. The summed E-state index contributed by atoms with van der Waals surface area (Å²) in [5.41, 5.74) is 0.867. The van der Waals surface area contributed by atoms with E-state index in [9.17, 15) is 19.2 Å². The molecule has 2 amide bonds. The number of allylic oxidation sites excluding steroid dienone is 2. The zero-order chi connectivity index (χ0) is 35.1. The molecule has 3 rings (SSSR count). The molecule has 0 aromatic carbocycles. The first-order valence-corrected chi connectivity index (χ1v) is 16.9. The number of carboxylic acid groups (broad SMARTS) is 1. The Morgan fingerprint density at radius 1 is 1.02 bits per heavy atom. The lowest BCUT2D eigenvalue weighted by Gasteiger charge is -2.39. The van der Waals surface area contributed by atoms with Crippen molar-refractivity contribution in [1.82, 2.24) is 10.6 Å². The minimum absolute atomic E-state index is 0.0236. The Morgan fingerprint density at radius 3 is 2.44 bits per heavy atom. The Morgan fingerprint density at radius 2 is 1.75 bits per heavy atom. The number of aliphatic carboxylic acids is 1. The number of rotatable bonds is 19. The highest BCUT2D eigenvalue weighted by Crippen LogP contribution is 2.43. The fourth-order valence-electron chi connectivity index (χ4n) is 5.90. The van der Waals surface area contributed by atoms with Gasteiger partial charge in [-0.15, -0.1) is 0 Å². The van der Waals surface area contributed by atoms with Crippen LogP contribution in [0.5, 0.6) is 0 Å². The van der Waals surface area contributed by atoms with Crippen molar-refractivity contribution >= 4 is 23.8 Å². The first-order chi connectivity index (χ1) is 22.8. The lowest BCUT2D eigenvalue weighted by molar-refractivity contribution is -0.143. The van der Waals surface area contributed by atoms with Crippen LogP contribution in [0.4, 0.5) is 0 Å². The first-order valence-electron chi connectivity index (χ1n) is 16.9. The number of nitrogens with one attached hydrogen (secondary N) is 2. The third kappa shape index (κ3) is 15.0. The molecule has 0 aromatic heterocycles. The average Bonchev–Trinajstić information content (AvgIpc) is 3.75. The third-order valence-corrected chi connectivity index (χ3v) is 8.57. The van der Waals surface area contributed by atoms with Gasteiger partial charge in [0.2, 0.25) is 11.8 Å². The minimum atomic E-state index is -0.902. The molecule has 0 saturated carbocycles. The summed E-state index contributed by atoms with van der Waals surface area (Å²) < 4.78 is 34.0. The summed E-state index contributed by atoms with van der Waals surface area (Å²) in [6.45, 7) is 11.3. The van der Waals surface area contributed by atoms with E-state index in [1.165, 1.54) is 13.0 Å². The summed E-state index contributed by atoms with van der Waals surface area (Å²) in [6.07, 6.45) is 11.4. The van der Waals surface area contributed by atoms with E-state index >= 15 is 0 Å². The van der Waals surface area contributed by atoms with Crippen molar-refractivity contribution in [3.05, 3.63) is 36.0 Å². The van der Waals surface area contributed by atoms with Crippen molar-refractivity contribution in [2.75, 3.05) is 39.6 Å². The number of hydrogen-bond acceptors (Lipinski definition) is 10. The van der Waals surface area contributed by atoms with Gasteiger partial charge in [0, 0.05) is 32.4 Å². The molecule has 3 heterocycles. The van der Waals surface area contributed by atoms with Gasteiger partial charge < -0.3 is 44.2 Å². The number of amides is 2. The van der Waals surface area contributed by atoms with Crippen LogP contribution >= 0.6 is 0 Å². The fraction of sp³-hybridized carbons (Fsp3) is 0.714. The number of carboxylic acids is 1. The molecule has 270 valence electrons. The Bertz CT molecular complexity index is 1170. The second-order valence-corrected chi connectivity index (χ2v) is 13.0. The van der Waals surface area contributed by atoms with Crippen LogP contribution in [0, 0.1) is 5.92 Å². The maximum absolute atomic E-state index is 12.6. The van der Waals surface area contributed by atoms with Crippen LogP contribution in [0.15, 0.2) is 36.0 Å². The lowest BCUT2D eigenvalue weighted by Crippen LogP contribution is -2.50. The molecule has 13 heteroatoms. The molecule has 3 aliphatic rings. The lowest BCUT2D eigenvalue weighted by atomic mass is 9.88. The van der Waals surface area contributed by atoms with Gasteiger partial charge in [-0.05, 0) is 45.6 Å². The van der Waals surface area contributed by atoms with Gasteiger partial charge in [-0.25, -0.2) is 0 Å². The number of carbonyl (C=O) groups is 4. The highest BCUT2D eigenvalue weighted by molar-refractivity contribution is 5.87. The van der Waals surface area contributed by atoms with E-state index in [2.05, 4.69) is 29.7 Å². The van der Waals surface area contributed by atoms with Crippen LogP contribution in [-0.4, -0.2) is 111 Å². The van der Waals surface area contributed by atoms with Gasteiger partial charge in [-0.2, -0.15) is 0 Å².